The highest BCUT2D eigenvalue weighted by atomic mass is 31.2. The summed E-state index contributed by atoms with van der Waals surface area (Å²) in [7, 11) is 1.61. The molecular formula is C21H44NO7P. The zero-order chi connectivity index (χ0) is 23.9. The fourth-order valence-corrected chi connectivity index (χ4v) is 4.14. The Hall–Kier alpha value is -0.790. The van der Waals surface area contributed by atoms with Gasteiger partial charge in [-0.15, -0.1) is 0 Å². The molecule has 3 unspecified atom stereocenters. The molecule has 0 aromatic rings. The number of aliphatic hydroxyl groups excluding tert-OH is 1. The summed E-state index contributed by atoms with van der Waals surface area (Å²) in [6, 6.07) is 0.672. The molecule has 0 aromatic carbocycles. The zero-order valence-corrected chi connectivity index (χ0v) is 21.4. The first-order valence-corrected chi connectivity index (χ1v) is 11.7. The fraction of sp³-hybridized carbons (Fsp3) is 0.905. The van der Waals surface area contributed by atoms with Crippen LogP contribution in [-0.2, 0) is 28.1 Å². The van der Waals surface area contributed by atoms with Crippen molar-refractivity contribution in [3.05, 3.63) is 0 Å². The van der Waals surface area contributed by atoms with Gasteiger partial charge in [0.05, 0.1) is 32.5 Å². The maximum atomic E-state index is 11.2. The maximum Gasteiger partial charge on any atom is 0.305 e. The molecule has 9 heteroatoms. The molecule has 0 aromatic heterocycles. The van der Waals surface area contributed by atoms with Crippen LogP contribution in [0.3, 0.4) is 0 Å². The van der Waals surface area contributed by atoms with Gasteiger partial charge in [-0.1, -0.05) is 0 Å². The lowest BCUT2D eigenvalue weighted by molar-refractivity contribution is -0.142. The van der Waals surface area contributed by atoms with Crippen molar-refractivity contribution >= 4 is 20.5 Å². The summed E-state index contributed by atoms with van der Waals surface area (Å²) in [5.41, 5.74) is 0. The van der Waals surface area contributed by atoms with Gasteiger partial charge in [0.2, 0.25) is 0 Å². The predicted molar refractivity (Wildman–Crippen MR) is 120 cm³/mol. The number of nitrogens with zero attached hydrogens (tertiary/aromatic N) is 1. The smallest absolute Gasteiger partial charge is 0.305 e. The predicted octanol–water partition coefficient (Wildman–Crippen LogP) is 4.44. The van der Waals surface area contributed by atoms with Gasteiger partial charge >= 0.3 is 11.9 Å². The zero-order valence-electron chi connectivity index (χ0n) is 20.5. The van der Waals surface area contributed by atoms with Crippen LogP contribution in [0.15, 0.2) is 0 Å². The van der Waals surface area contributed by atoms with Crippen molar-refractivity contribution < 1.29 is 33.2 Å². The van der Waals surface area contributed by atoms with E-state index < -0.39 is 14.6 Å². The summed E-state index contributed by atoms with van der Waals surface area (Å²) < 4.78 is 23.4. The van der Waals surface area contributed by atoms with Crippen molar-refractivity contribution in [1.82, 2.24) is 4.67 Å². The fourth-order valence-electron chi connectivity index (χ4n) is 2.35. The number of hydrogen-bond acceptors (Lipinski definition) is 8. The number of esters is 2. The molecule has 0 radical (unpaired) electrons. The Morgan fingerprint density at radius 1 is 0.800 bits per heavy atom. The van der Waals surface area contributed by atoms with Gasteiger partial charge in [0.15, 0.2) is 0 Å². The first kappa shape index (κ1) is 31.4. The quantitative estimate of drug-likeness (QED) is 0.323. The topological polar surface area (TPSA) is 94.5 Å². The van der Waals surface area contributed by atoms with Crippen LogP contribution in [0.2, 0.25) is 0 Å². The Morgan fingerprint density at radius 3 is 1.57 bits per heavy atom. The van der Waals surface area contributed by atoms with E-state index in [4.69, 9.17) is 14.2 Å². The van der Waals surface area contributed by atoms with Gasteiger partial charge < -0.3 is 23.6 Å². The first-order valence-electron chi connectivity index (χ1n) is 10.6. The number of methoxy groups -OCH3 is 2. The molecule has 0 rings (SSSR count). The number of rotatable bonds is 13. The molecule has 0 amide bonds. The van der Waals surface area contributed by atoms with Crippen molar-refractivity contribution in [2.75, 3.05) is 14.2 Å². The highest BCUT2D eigenvalue weighted by Gasteiger charge is 2.29. The summed E-state index contributed by atoms with van der Waals surface area (Å²) in [5, 5.41) is 8.69. The highest BCUT2D eigenvalue weighted by molar-refractivity contribution is 7.44. The van der Waals surface area contributed by atoms with E-state index in [1.165, 1.54) is 14.2 Å². The molecular weight excluding hydrogens is 409 g/mol. The molecule has 0 aliphatic heterocycles. The third kappa shape index (κ3) is 16.9. The Kier molecular flexibility index (Phi) is 18.7. The van der Waals surface area contributed by atoms with Gasteiger partial charge in [0.1, 0.15) is 0 Å². The van der Waals surface area contributed by atoms with Crippen LogP contribution in [0.1, 0.15) is 81.1 Å². The van der Waals surface area contributed by atoms with Gasteiger partial charge in [-0.2, -0.15) is 0 Å². The molecule has 0 saturated carbocycles. The molecule has 8 nitrogen and oxygen atoms in total. The molecule has 180 valence electrons. The Balaban J connectivity index is 0. The van der Waals surface area contributed by atoms with Crippen molar-refractivity contribution in [2.24, 2.45) is 0 Å². The minimum absolute atomic E-state index is 0.0473. The highest BCUT2D eigenvalue weighted by Crippen LogP contribution is 2.48. The summed E-state index contributed by atoms with van der Waals surface area (Å²) >= 11 is 0. The summed E-state index contributed by atoms with van der Waals surface area (Å²) in [6.45, 7) is 16.2. The molecule has 3 atom stereocenters. The maximum absolute atomic E-state index is 11.2. The molecule has 30 heavy (non-hydrogen) atoms. The van der Waals surface area contributed by atoms with Crippen molar-refractivity contribution in [1.29, 1.82) is 0 Å². The van der Waals surface area contributed by atoms with E-state index in [0.717, 1.165) is 0 Å². The second-order valence-corrected chi connectivity index (χ2v) is 9.31. The van der Waals surface area contributed by atoms with E-state index in [-0.39, 0.29) is 24.1 Å². The normalized spacial score (nSPS) is 14.4. The van der Waals surface area contributed by atoms with E-state index in [1.54, 1.807) is 6.92 Å². The molecule has 0 aliphatic carbocycles. The van der Waals surface area contributed by atoms with Crippen LogP contribution in [0, 0.1) is 0 Å². The average Bonchev–Trinajstić information content (AvgIpc) is 2.63. The lowest BCUT2D eigenvalue weighted by Gasteiger charge is -2.37. The summed E-state index contributed by atoms with van der Waals surface area (Å²) in [4.78, 5) is 21.6. The Bertz CT molecular complexity index is 451. The number of carbonyl (C=O) groups is 2. The first-order chi connectivity index (χ1) is 13.8. The number of ether oxygens (including phenoxy) is 2. The monoisotopic (exact) mass is 453 g/mol. The van der Waals surface area contributed by atoms with Gasteiger partial charge in [0, 0.05) is 24.9 Å². The van der Waals surface area contributed by atoms with Gasteiger partial charge in [-0.05, 0) is 68.2 Å². The minimum atomic E-state index is -1.14. The lowest BCUT2D eigenvalue weighted by atomic mass is 10.2. The second-order valence-electron chi connectivity index (χ2n) is 7.95. The van der Waals surface area contributed by atoms with Crippen molar-refractivity contribution in [3.8, 4) is 0 Å². The largest absolute Gasteiger partial charge is 0.469 e. The van der Waals surface area contributed by atoms with E-state index in [0.29, 0.717) is 37.8 Å². The van der Waals surface area contributed by atoms with Crippen LogP contribution < -0.4 is 0 Å². The third-order valence-corrected chi connectivity index (χ3v) is 6.24. The lowest BCUT2D eigenvalue weighted by Crippen LogP contribution is -2.35. The molecule has 0 aliphatic rings. The average molecular weight is 454 g/mol. The van der Waals surface area contributed by atoms with Gasteiger partial charge in [-0.3, -0.25) is 9.59 Å². The standard InChI is InChI=1S/C15H32NO4P.C6H12O3/c1-11(2)16(12(3)4)21(19-13(5)6)20-14(7)9-10-15(17)18-8;1-5(7)3-4-6(8)9-2/h11-14H,9-10H2,1-8H3;5,7H,3-4H2,1-2H3. The van der Waals surface area contributed by atoms with Crippen molar-refractivity contribution in [3.63, 3.8) is 0 Å². The van der Waals surface area contributed by atoms with E-state index >= 15 is 0 Å². The Morgan fingerprint density at radius 2 is 1.23 bits per heavy atom. The van der Waals surface area contributed by atoms with Crippen LogP contribution in [-0.4, -0.2) is 66.3 Å². The number of carbonyl (C=O) groups excluding carboxylic acids is 2. The SMILES string of the molecule is COC(=O)CCC(C)O.COC(=O)CCC(C)OP(OC(C)C)N(C(C)C)C(C)C. The molecule has 0 saturated heterocycles. The second kappa shape index (κ2) is 17.8. The summed E-state index contributed by atoms with van der Waals surface area (Å²) in [5.74, 6) is -0.472. The van der Waals surface area contributed by atoms with Gasteiger partial charge in [0.25, 0.3) is 8.53 Å². The third-order valence-electron chi connectivity index (χ3n) is 3.79. The minimum Gasteiger partial charge on any atom is -0.469 e. The van der Waals surface area contributed by atoms with E-state index in [2.05, 4.69) is 41.8 Å². The van der Waals surface area contributed by atoms with E-state index in [9.17, 15) is 9.59 Å². The molecule has 0 bridgehead atoms. The number of hydrogen-bond donors (Lipinski definition) is 1. The molecule has 1 N–H and O–H groups in total. The molecule has 0 fully saturated rings. The number of aliphatic hydroxyl groups is 1. The molecule has 0 heterocycles. The summed E-state index contributed by atoms with van der Waals surface area (Å²) in [6.07, 6.45) is 1.42. The van der Waals surface area contributed by atoms with E-state index in [1.807, 2.05) is 20.8 Å². The van der Waals surface area contributed by atoms with Crippen LogP contribution in [0.4, 0.5) is 0 Å². The van der Waals surface area contributed by atoms with Gasteiger partial charge in [-0.25, -0.2) is 4.67 Å². The van der Waals surface area contributed by atoms with Crippen molar-refractivity contribution in [2.45, 2.75) is 111 Å². The molecule has 0 spiro atoms. The van der Waals surface area contributed by atoms with Crippen LogP contribution in [0.25, 0.3) is 0 Å². The van der Waals surface area contributed by atoms with Crippen LogP contribution in [0.5, 0.6) is 0 Å². The van der Waals surface area contributed by atoms with Crippen LogP contribution >= 0.6 is 8.53 Å². The Labute approximate surface area is 184 Å².